The Hall–Kier alpha value is 2.62. The molecule has 0 amide bonds. The standard InChI is InChI=1S/C10H22O4S6.Na/c11-19(12)9-3-7-17-15-5-1-2-6-16-18-8-4-10-20(13)14;/h1-10H2,(H,11,12)(H,13,14);. The Morgan fingerprint density at radius 1 is 0.619 bits per heavy atom. The molecule has 2 atom stereocenters. The van der Waals surface area contributed by atoms with Gasteiger partial charge in [0.2, 0.25) is 0 Å². The van der Waals surface area contributed by atoms with E-state index in [-0.39, 0.29) is 29.6 Å². The zero-order chi connectivity index (χ0) is 15.1. The summed E-state index contributed by atoms with van der Waals surface area (Å²) in [4.78, 5) is 0. The summed E-state index contributed by atoms with van der Waals surface area (Å²) in [5, 5.41) is 0. The number of hydrogen-bond acceptors (Lipinski definition) is 6. The van der Waals surface area contributed by atoms with Crippen molar-refractivity contribution in [2.45, 2.75) is 25.7 Å². The molecule has 0 aliphatic heterocycles. The van der Waals surface area contributed by atoms with Crippen molar-refractivity contribution in [3.63, 3.8) is 0 Å². The summed E-state index contributed by atoms with van der Waals surface area (Å²) >= 11 is -3.28. The van der Waals surface area contributed by atoms with E-state index in [9.17, 15) is 8.42 Å². The van der Waals surface area contributed by atoms with E-state index in [1.807, 2.05) is 21.6 Å². The van der Waals surface area contributed by atoms with Crippen LogP contribution in [0.5, 0.6) is 0 Å². The van der Waals surface area contributed by atoms with Gasteiger partial charge in [-0.25, -0.2) is 8.42 Å². The maximum Gasteiger partial charge on any atom is 0.152 e. The molecule has 2 N–H and O–H groups in total. The molecule has 0 saturated heterocycles. The van der Waals surface area contributed by atoms with Gasteiger partial charge in [-0.1, -0.05) is 43.2 Å². The maximum absolute atomic E-state index is 10.4. The van der Waals surface area contributed by atoms with Crippen LogP contribution in [-0.4, -0.2) is 81.6 Å². The van der Waals surface area contributed by atoms with Crippen molar-refractivity contribution in [1.82, 2.24) is 0 Å². The van der Waals surface area contributed by atoms with Crippen molar-refractivity contribution >= 4 is 94.9 Å². The van der Waals surface area contributed by atoms with Gasteiger partial charge >= 0.3 is 0 Å². The monoisotopic (exact) mass is 421 g/mol. The number of hydrogen-bond donors (Lipinski definition) is 2. The van der Waals surface area contributed by atoms with E-state index >= 15 is 0 Å². The smallest absolute Gasteiger partial charge is 0.152 e. The van der Waals surface area contributed by atoms with Gasteiger partial charge in [-0.15, -0.1) is 0 Å². The van der Waals surface area contributed by atoms with Crippen LogP contribution in [0.25, 0.3) is 0 Å². The van der Waals surface area contributed by atoms with E-state index in [0.29, 0.717) is 11.5 Å². The molecular formula is C10H22NaO4S6. The molecule has 0 bridgehead atoms. The van der Waals surface area contributed by atoms with Gasteiger partial charge in [-0.2, -0.15) is 0 Å². The zero-order valence-electron chi connectivity index (χ0n) is 12.2. The molecular weight excluding hydrogens is 399 g/mol. The first-order valence-electron chi connectivity index (χ1n) is 6.26. The van der Waals surface area contributed by atoms with Crippen LogP contribution in [-0.2, 0) is 22.2 Å². The molecule has 21 heavy (non-hydrogen) atoms. The summed E-state index contributed by atoms with van der Waals surface area (Å²) in [5.41, 5.74) is 0. The summed E-state index contributed by atoms with van der Waals surface area (Å²) in [6.07, 6.45) is 3.98. The summed E-state index contributed by atoms with van der Waals surface area (Å²) in [5.74, 6) is 4.89. The second-order valence-electron chi connectivity index (χ2n) is 3.75. The van der Waals surface area contributed by atoms with Gasteiger partial charge in [0.15, 0.2) is 22.2 Å². The molecule has 0 heterocycles. The van der Waals surface area contributed by atoms with Gasteiger partial charge in [-0.05, 0) is 25.7 Å². The van der Waals surface area contributed by atoms with E-state index < -0.39 is 22.2 Å². The van der Waals surface area contributed by atoms with Gasteiger partial charge < -0.3 is 9.11 Å². The Labute approximate surface area is 170 Å². The Bertz CT molecular complexity index is 246. The molecule has 0 rings (SSSR count). The number of rotatable bonds is 15. The van der Waals surface area contributed by atoms with Crippen molar-refractivity contribution < 1.29 is 17.5 Å². The van der Waals surface area contributed by atoms with Crippen molar-refractivity contribution in [1.29, 1.82) is 0 Å². The predicted molar refractivity (Wildman–Crippen MR) is 105 cm³/mol. The van der Waals surface area contributed by atoms with Gasteiger partial charge in [0, 0.05) is 52.6 Å². The van der Waals surface area contributed by atoms with E-state index in [0.717, 1.165) is 35.9 Å². The van der Waals surface area contributed by atoms with Crippen molar-refractivity contribution in [3.05, 3.63) is 0 Å². The van der Waals surface area contributed by atoms with Crippen LogP contribution in [0, 0.1) is 0 Å². The minimum Gasteiger partial charge on any atom is -0.306 e. The third-order valence-electron chi connectivity index (χ3n) is 1.97. The molecule has 0 spiro atoms. The molecule has 0 aromatic heterocycles. The molecule has 1 radical (unpaired) electrons. The van der Waals surface area contributed by atoms with Gasteiger partial charge in [0.05, 0.1) is 11.5 Å². The minimum atomic E-state index is -1.64. The van der Waals surface area contributed by atoms with Crippen molar-refractivity contribution in [2.75, 3.05) is 34.5 Å². The van der Waals surface area contributed by atoms with Crippen LogP contribution in [0.15, 0.2) is 0 Å². The number of unbranched alkanes of at least 4 members (excludes halogenated alkanes) is 1. The van der Waals surface area contributed by atoms with Crippen LogP contribution >= 0.6 is 43.2 Å². The van der Waals surface area contributed by atoms with Crippen molar-refractivity contribution in [2.24, 2.45) is 0 Å². The average molecular weight is 422 g/mol. The van der Waals surface area contributed by atoms with E-state index in [4.69, 9.17) is 9.11 Å². The third-order valence-corrected chi connectivity index (χ3v) is 8.40. The van der Waals surface area contributed by atoms with E-state index in [1.54, 1.807) is 21.6 Å². The molecule has 2 unspecified atom stereocenters. The van der Waals surface area contributed by atoms with E-state index in [2.05, 4.69) is 0 Å². The zero-order valence-corrected chi connectivity index (χ0v) is 19.1. The third kappa shape index (κ3) is 25.0. The minimum absolute atomic E-state index is 0. The first-order valence-corrected chi connectivity index (χ1v) is 13.8. The first kappa shape index (κ1) is 25.9. The summed E-state index contributed by atoms with van der Waals surface area (Å²) in [7, 11) is 7.24. The summed E-state index contributed by atoms with van der Waals surface area (Å²) < 4.78 is 38.0. The van der Waals surface area contributed by atoms with Crippen LogP contribution < -0.4 is 0 Å². The van der Waals surface area contributed by atoms with E-state index in [1.165, 1.54) is 12.8 Å². The van der Waals surface area contributed by atoms with Crippen molar-refractivity contribution in [3.8, 4) is 0 Å². The summed E-state index contributed by atoms with van der Waals surface area (Å²) in [6.45, 7) is 0. The second-order valence-corrected chi connectivity index (χ2v) is 11.3. The molecule has 0 saturated carbocycles. The van der Waals surface area contributed by atoms with Crippen LogP contribution in [0.2, 0.25) is 0 Å². The fraction of sp³-hybridized carbons (Fsp3) is 1.00. The van der Waals surface area contributed by atoms with Gasteiger partial charge in [0.1, 0.15) is 0 Å². The molecule has 0 aromatic carbocycles. The quantitative estimate of drug-likeness (QED) is 0.180. The normalized spacial score (nSPS) is 13.6. The fourth-order valence-electron chi connectivity index (χ4n) is 1.04. The topological polar surface area (TPSA) is 74.6 Å². The molecule has 0 aromatic rings. The Morgan fingerprint density at radius 2 is 0.905 bits per heavy atom. The average Bonchev–Trinajstić information content (AvgIpc) is 2.38. The van der Waals surface area contributed by atoms with Crippen LogP contribution in [0.3, 0.4) is 0 Å². The second kappa shape index (κ2) is 20.7. The van der Waals surface area contributed by atoms with Crippen LogP contribution in [0.1, 0.15) is 25.7 Å². The Balaban J connectivity index is 0. The van der Waals surface area contributed by atoms with Gasteiger partial charge in [0.25, 0.3) is 0 Å². The molecule has 0 aliphatic carbocycles. The Kier molecular flexibility index (Phi) is 25.4. The van der Waals surface area contributed by atoms with Gasteiger partial charge in [-0.3, -0.25) is 0 Å². The molecule has 0 fully saturated rings. The first-order chi connectivity index (χ1) is 9.63. The van der Waals surface area contributed by atoms with Crippen LogP contribution in [0.4, 0.5) is 0 Å². The largest absolute Gasteiger partial charge is 0.306 e. The maximum atomic E-state index is 10.4. The fourth-order valence-corrected chi connectivity index (χ4v) is 6.66. The molecule has 4 nitrogen and oxygen atoms in total. The SMILES string of the molecule is O=S(O)CCCSSCCCCSSCCCS(=O)O.[Na]. The summed E-state index contributed by atoms with van der Waals surface area (Å²) in [6, 6.07) is 0. The Morgan fingerprint density at radius 3 is 1.19 bits per heavy atom. The molecule has 0 aliphatic rings. The molecule has 123 valence electrons. The molecule has 11 heteroatoms. The predicted octanol–water partition coefficient (Wildman–Crippen LogP) is 3.37.